The van der Waals surface area contributed by atoms with Crippen molar-refractivity contribution < 1.29 is 0 Å². The van der Waals surface area contributed by atoms with E-state index in [1.165, 1.54) is 11.1 Å². The molecule has 0 N–H and O–H groups in total. The molecular weight excluding hydrogens is 182 g/mol. The Morgan fingerprint density at radius 2 is 1.53 bits per heavy atom. The maximum absolute atomic E-state index is 9.22. The SMILES string of the molecule is C=CC(C#N)(CC=C(C)C)CC=C(C)C. The number of hydrogen-bond donors (Lipinski definition) is 0. The van der Waals surface area contributed by atoms with Crippen molar-refractivity contribution in [2.75, 3.05) is 0 Å². The molecule has 0 bridgehead atoms. The Hall–Kier alpha value is -1.29. The largest absolute Gasteiger partial charge is 0.197 e. The molecule has 0 aromatic heterocycles. The lowest BCUT2D eigenvalue weighted by Crippen LogP contribution is -2.13. The van der Waals surface area contributed by atoms with Crippen LogP contribution >= 0.6 is 0 Å². The Bertz CT molecular complexity index is 285. The summed E-state index contributed by atoms with van der Waals surface area (Å²) in [5.41, 5.74) is 2.05. The van der Waals surface area contributed by atoms with E-state index in [4.69, 9.17) is 0 Å². The maximum atomic E-state index is 9.22. The molecule has 15 heavy (non-hydrogen) atoms. The van der Waals surface area contributed by atoms with Crippen LogP contribution in [-0.2, 0) is 0 Å². The van der Waals surface area contributed by atoms with Gasteiger partial charge in [-0.15, -0.1) is 6.58 Å². The molecular formula is C14H21N. The van der Waals surface area contributed by atoms with Crippen molar-refractivity contribution in [1.82, 2.24) is 0 Å². The summed E-state index contributed by atoms with van der Waals surface area (Å²) in [6, 6.07) is 2.37. The van der Waals surface area contributed by atoms with Gasteiger partial charge in [-0.1, -0.05) is 29.4 Å². The summed E-state index contributed by atoms with van der Waals surface area (Å²) in [5.74, 6) is 0. The van der Waals surface area contributed by atoms with Crippen LogP contribution < -0.4 is 0 Å². The monoisotopic (exact) mass is 203 g/mol. The molecule has 0 unspecified atom stereocenters. The normalized spacial score (nSPS) is 10.1. The van der Waals surface area contributed by atoms with Crippen LogP contribution in [0.5, 0.6) is 0 Å². The van der Waals surface area contributed by atoms with Crippen LogP contribution in [0, 0.1) is 16.7 Å². The van der Waals surface area contributed by atoms with Crippen LogP contribution in [0.1, 0.15) is 40.5 Å². The van der Waals surface area contributed by atoms with Gasteiger partial charge in [0.2, 0.25) is 0 Å². The van der Waals surface area contributed by atoms with Gasteiger partial charge in [0.15, 0.2) is 0 Å². The zero-order valence-electron chi connectivity index (χ0n) is 10.3. The van der Waals surface area contributed by atoms with E-state index in [0.717, 1.165) is 12.8 Å². The van der Waals surface area contributed by atoms with Gasteiger partial charge in [0.05, 0.1) is 11.5 Å². The molecule has 1 heteroatoms. The molecule has 0 amide bonds. The van der Waals surface area contributed by atoms with Crippen LogP contribution in [0.2, 0.25) is 0 Å². The summed E-state index contributed by atoms with van der Waals surface area (Å²) in [6.07, 6.45) is 7.47. The van der Waals surface area contributed by atoms with Gasteiger partial charge in [-0.05, 0) is 40.5 Å². The molecule has 0 aromatic rings. The molecule has 0 aromatic carbocycles. The first-order chi connectivity index (χ1) is 6.95. The lowest BCUT2D eigenvalue weighted by atomic mass is 9.82. The molecule has 0 fully saturated rings. The summed E-state index contributed by atoms with van der Waals surface area (Å²) < 4.78 is 0. The van der Waals surface area contributed by atoms with Gasteiger partial charge in [0.1, 0.15) is 0 Å². The first-order valence-electron chi connectivity index (χ1n) is 5.27. The fraction of sp³-hybridized carbons (Fsp3) is 0.500. The Morgan fingerprint density at radius 1 is 1.13 bits per heavy atom. The van der Waals surface area contributed by atoms with Crippen LogP contribution in [-0.4, -0.2) is 0 Å². The van der Waals surface area contributed by atoms with Gasteiger partial charge >= 0.3 is 0 Å². The van der Waals surface area contributed by atoms with Crippen molar-refractivity contribution in [2.24, 2.45) is 5.41 Å². The quantitative estimate of drug-likeness (QED) is 0.608. The minimum Gasteiger partial charge on any atom is -0.197 e. The second-order valence-corrected chi connectivity index (χ2v) is 4.44. The van der Waals surface area contributed by atoms with Gasteiger partial charge < -0.3 is 0 Å². The highest BCUT2D eigenvalue weighted by Gasteiger charge is 2.23. The fourth-order valence-electron chi connectivity index (χ4n) is 1.16. The number of allylic oxidation sites excluding steroid dienone is 5. The summed E-state index contributed by atoms with van der Waals surface area (Å²) in [6.45, 7) is 12.0. The molecule has 0 aliphatic carbocycles. The predicted molar refractivity (Wildman–Crippen MR) is 66.3 cm³/mol. The molecule has 0 rings (SSSR count). The van der Waals surface area contributed by atoms with E-state index in [2.05, 4.69) is 24.8 Å². The lowest BCUT2D eigenvalue weighted by molar-refractivity contribution is 0.521. The topological polar surface area (TPSA) is 23.8 Å². The van der Waals surface area contributed by atoms with E-state index < -0.39 is 5.41 Å². The average molecular weight is 203 g/mol. The summed E-state index contributed by atoms with van der Waals surface area (Å²) in [5, 5.41) is 9.22. The van der Waals surface area contributed by atoms with Crippen molar-refractivity contribution >= 4 is 0 Å². The molecule has 1 nitrogen and oxygen atoms in total. The third kappa shape index (κ3) is 5.22. The molecule has 0 atom stereocenters. The van der Waals surface area contributed by atoms with Gasteiger partial charge in [-0.2, -0.15) is 5.26 Å². The second-order valence-electron chi connectivity index (χ2n) is 4.44. The number of hydrogen-bond acceptors (Lipinski definition) is 1. The highest BCUT2D eigenvalue weighted by molar-refractivity contribution is 5.17. The Kier molecular flexibility index (Phi) is 5.70. The van der Waals surface area contributed by atoms with E-state index in [0.29, 0.717) is 0 Å². The van der Waals surface area contributed by atoms with E-state index in [1.807, 2.05) is 27.7 Å². The Labute approximate surface area is 93.8 Å². The van der Waals surface area contributed by atoms with E-state index in [1.54, 1.807) is 6.08 Å². The summed E-state index contributed by atoms with van der Waals surface area (Å²) >= 11 is 0. The van der Waals surface area contributed by atoms with Gasteiger partial charge in [0, 0.05) is 0 Å². The second kappa shape index (κ2) is 6.24. The van der Waals surface area contributed by atoms with Gasteiger partial charge in [-0.25, -0.2) is 0 Å². The van der Waals surface area contributed by atoms with Crippen molar-refractivity contribution in [1.29, 1.82) is 5.26 Å². The molecule has 0 saturated carbocycles. The minimum absolute atomic E-state index is 0.436. The summed E-state index contributed by atoms with van der Waals surface area (Å²) in [4.78, 5) is 0. The smallest absolute Gasteiger partial charge is 0.0819 e. The predicted octanol–water partition coefficient (Wildman–Crippen LogP) is 4.39. The maximum Gasteiger partial charge on any atom is 0.0819 e. The summed E-state index contributed by atoms with van der Waals surface area (Å²) in [7, 11) is 0. The molecule has 0 heterocycles. The minimum atomic E-state index is -0.436. The fourth-order valence-corrected chi connectivity index (χ4v) is 1.16. The first kappa shape index (κ1) is 13.7. The third-order valence-electron chi connectivity index (χ3n) is 2.36. The first-order valence-corrected chi connectivity index (χ1v) is 5.27. The van der Waals surface area contributed by atoms with E-state index >= 15 is 0 Å². The highest BCUT2D eigenvalue weighted by Crippen LogP contribution is 2.29. The van der Waals surface area contributed by atoms with E-state index in [9.17, 15) is 5.26 Å². The number of nitriles is 1. The zero-order valence-corrected chi connectivity index (χ0v) is 10.3. The zero-order chi connectivity index (χ0) is 11.9. The van der Waals surface area contributed by atoms with Crippen molar-refractivity contribution in [3.63, 3.8) is 0 Å². The van der Waals surface area contributed by atoms with Crippen molar-refractivity contribution in [3.8, 4) is 6.07 Å². The van der Waals surface area contributed by atoms with Gasteiger partial charge in [0.25, 0.3) is 0 Å². The molecule has 0 aliphatic heterocycles. The van der Waals surface area contributed by atoms with E-state index in [-0.39, 0.29) is 0 Å². The lowest BCUT2D eigenvalue weighted by Gasteiger charge is -2.19. The number of nitrogens with zero attached hydrogens (tertiary/aromatic N) is 1. The molecule has 82 valence electrons. The molecule has 0 aliphatic rings. The Morgan fingerprint density at radius 3 is 1.73 bits per heavy atom. The average Bonchev–Trinajstić information content (AvgIpc) is 2.19. The van der Waals surface area contributed by atoms with Crippen molar-refractivity contribution in [3.05, 3.63) is 36.0 Å². The van der Waals surface area contributed by atoms with Crippen LogP contribution in [0.25, 0.3) is 0 Å². The highest BCUT2D eigenvalue weighted by atomic mass is 14.3. The molecule has 0 spiro atoms. The van der Waals surface area contributed by atoms with Crippen LogP contribution in [0.3, 0.4) is 0 Å². The number of rotatable bonds is 5. The van der Waals surface area contributed by atoms with Crippen LogP contribution in [0.15, 0.2) is 36.0 Å². The third-order valence-corrected chi connectivity index (χ3v) is 2.36. The standard InChI is InChI=1S/C14H21N/c1-6-14(11-15,9-7-12(2)3)10-8-13(4)5/h6-8H,1,9-10H2,2-5H3. The van der Waals surface area contributed by atoms with Gasteiger partial charge in [-0.3, -0.25) is 0 Å². The van der Waals surface area contributed by atoms with Crippen LogP contribution in [0.4, 0.5) is 0 Å². The Balaban J connectivity index is 4.75. The molecule has 0 radical (unpaired) electrons. The molecule has 0 saturated heterocycles. The van der Waals surface area contributed by atoms with Crippen molar-refractivity contribution in [2.45, 2.75) is 40.5 Å².